The second-order valence-corrected chi connectivity index (χ2v) is 8.82. The van der Waals surface area contributed by atoms with E-state index in [0.717, 1.165) is 38.0 Å². The number of nitrogens with one attached hydrogen (secondary N) is 1. The Morgan fingerprint density at radius 3 is 2.50 bits per heavy atom. The lowest BCUT2D eigenvalue weighted by Gasteiger charge is -2.31. The topological polar surface area (TPSA) is 78.9 Å². The zero-order chi connectivity index (χ0) is 17.7. The Morgan fingerprint density at radius 2 is 1.96 bits per heavy atom. The third-order valence-electron chi connectivity index (χ3n) is 4.44. The molecule has 1 unspecified atom stereocenters. The van der Waals surface area contributed by atoms with Crippen molar-refractivity contribution in [3.05, 3.63) is 0 Å². The number of thioether (sulfide) groups is 1. The van der Waals surface area contributed by atoms with Crippen LogP contribution in [0.4, 0.5) is 4.79 Å². The van der Waals surface area contributed by atoms with Crippen LogP contribution in [0.1, 0.15) is 52.9 Å². The number of carbonyl (C=O) groups excluding carboxylic acids is 2. The predicted molar refractivity (Wildman–Crippen MR) is 94.8 cm³/mol. The first-order chi connectivity index (χ1) is 11.2. The van der Waals surface area contributed by atoms with Gasteiger partial charge in [0.15, 0.2) is 0 Å². The fourth-order valence-electron chi connectivity index (χ4n) is 3.19. The van der Waals surface area contributed by atoms with Crippen LogP contribution in [0.15, 0.2) is 0 Å². The molecule has 2 amide bonds. The largest absolute Gasteiger partial charge is 0.444 e. The number of hydrogen-bond donors (Lipinski definition) is 2. The zero-order valence-electron chi connectivity index (χ0n) is 14.9. The van der Waals surface area contributed by atoms with Gasteiger partial charge in [0.2, 0.25) is 5.91 Å². The number of carbonyl (C=O) groups is 2. The van der Waals surface area contributed by atoms with E-state index in [9.17, 15) is 14.7 Å². The van der Waals surface area contributed by atoms with E-state index in [2.05, 4.69) is 5.32 Å². The third kappa shape index (κ3) is 6.16. The molecule has 1 aliphatic carbocycles. The second-order valence-electron chi connectivity index (χ2n) is 7.75. The molecule has 0 radical (unpaired) electrons. The summed E-state index contributed by atoms with van der Waals surface area (Å²) in [4.78, 5) is 26.7. The van der Waals surface area contributed by atoms with Crippen LogP contribution < -0.4 is 5.32 Å². The second kappa shape index (κ2) is 8.43. The van der Waals surface area contributed by atoms with E-state index in [1.165, 1.54) is 0 Å². The molecule has 138 valence electrons. The van der Waals surface area contributed by atoms with E-state index in [1.807, 2.05) is 25.7 Å². The molecule has 0 aromatic carbocycles. The van der Waals surface area contributed by atoms with E-state index in [1.54, 1.807) is 11.8 Å². The van der Waals surface area contributed by atoms with Gasteiger partial charge in [-0.3, -0.25) is 4.79 Å². The average molecular weight is 359 g/mol. The molecule has 0 aromatic heterocycles. The summed E-state index contributed by atoms with van der Waals surface area (Å²) in [5.41, 5.74) is -0.587. The van der Waals surface area contributed by atoms with E-state index in [-0.39, 0.29) is 12.0 Å². The van der Waals surface area contributed by atoms with Crippen LogP contribution in [0.3, 0.4) is 0 Å². The molecule has 1 atom stereocenters. The van der Waals surface area contributed by atoms with Gasteiger partial charge in [0, 0.05) is 12.3 Å². The summed E-state index contributed by atoms with van der Waals surface area (Å²) in [6.45, 7) is 6.16. The van der Waals surface area contributed by atoms with Gasteiger partial charge in [-0.15, -0.1) is 11.8 Å². The van der Waals surface area contributed by atoms with Gasteiger partial charge in [-0.1, -0.05) is 0 Å². The lowest BCUT2D eigenvalue weighted by Crippen LogP contribution is -2.50. The maximum absolute atomic E-state index is 12.8. The molecule has 0 bridgehead atoms. The number of ether oxygens (including phenoxy) is 1. The standard InChI is InChI=1S/C17H30N2O4S/c1-17(2,3)23-16(22)18-14(15(21)19-8-9-24-11-19)10-12-4-6-13(20)7-5-12/h12-14,20H,4-11H2,1-3H3,(H,18,22). The quantitative estimate of drug-likeness (QED) is 0.806. The molecule has 1 aliphatic heterocycles. The van der Waals surface area contributed by atoms with Gasteiger partial charge in [0.1, 0.15) is 11.6 Å². The molecule has 24 heavy (non-hydrogen) atoms. The van der Waals surface area contributed by atoms with Crippen molar-refractivity contribution in [1.82, 2.24) is 10.2 Å². The maximum atomic E-state index is 12.8. The highest BCUT2D eigenvalue weighted by Crippen LogP contribution is 2.29. The van der Waals surface area contributed by atoms with Gasteiger partial charge < -0.3 is 20.1 Å². The summed E-state index contributed by atoms with van der Waals surface area (Å²) in [7, 11) is 0. The minimum atomic E-state index is -0.587. The Bertz CT molecular complexity index is 438. The van der Waals surface area contributed by atoms with Crippen LogP contribution in [-0.2, 0) is 9.53 Å². The molecule has 2 rings (SSSR count). The molecule has 2 aliphatic rings. The molecule has 0 aromatic rings. The summed E-state index contributed by atoms with van der Waals surface area (Å²) in [5, 5.41) is 12.4. The van der Waals surface area contributed by atoms with Gasteiger partial charge >= 0.3 is 6.09 Å². The molecule has 0 spiro atoms. The molecule has 7 heteroatoms. The van der Waals surface area contributed by atoms with Crippen molar-refractivity contribution in [2.45, 2.75) is 70.6 Å². The van der Waals surface area contributed by atoms with Crippen LogP contribution >= 0.6 is 11.8 Å². The first-order valence-corrected chi connectivity index (χ1v) is 9.94. The molecule has 2 fully saturated rings. The SMILES string of the molecule is CC(C)(C)OC(=O)NC(CC1CCC(O)CC1)C(=O)N1CCSC1. The normalized spacial score (nSPS) is 26.1. The summed E-state index contributed by atoms with van der Waals surface area (Å²) in [5.74, 6) is 1.97. The average Bonchev–Trinajstić information content (AvgIpc) is 3.00. The van der Waals surface area contributed by atoms with Gasteiger partial charge in [-0.25, -0.2) is 4.79 Å². The number of hydrogen-bond acceptors (Lipinski definition) is 5. The monoisotopic (exact) mass is 358 g/mol. The van der Waals surface area contributed by atoms with Gasteiger partial charge in [0.05, 0.1) is 12.0 Å². The van der Waals surface area contributed by atoms with Crippen molar-refractivity contribution >= 4 is 23.8 Å². The zero-order valence-corrected chi connectivity index (χ0v) is 15.7. The summed E-state index contributed by atoms with van der Waals surface area (Å²) >= 11 is 1.73. The lowest BCUT2D eigenvalue weighted by atomic mass is 9.83. The molecule has 2 N–H and O–H groups in total. The van der Waals surface area contributed by atoms with E-state index in [0.29, 0.717) is 18.2 Å². The molecular weight excluding hydrogens is 328 g/mol. The predicted octanol–water partition coefficient (Wildman–Crippen LogP) is 2.35. The Kier molecular flexibility index (Phi) is 6.80. The van der Waals surface area contributed by atoms with Crippen LogP contribution in [0, 0.1) is 5.92 Å². The summed E-state index contributed by atoms with van der Waals surface area (Å²) in [6.07, 6.45) is 3.21. The smallest absolute Gasteiger partial charge is 0.408 e. The van der Waals surface area contributed by atoms with Crippen molar-refractivity contribution in [1.29, 1.82) is 0 Å². The van der Waals surface area contributed by atoms with Crippen molar-refractivity contribution in [3.63, 3.8) is 0 Å². The van der Waals surface area contributed by atoms with Gasteiger partial charge in [0.25, 0.3) is 0 Å². The highest BCUT2D eigenvalue weighted by atomic mass is 32.2. The van der Waals surface area contributed by atoms with E-state index in [4.69, 9.17) is 4.74 Å². The molecule has 1 saturated heterocycles. The highest BCUT2D eigenvalue weighted by molar-refractivity contribution is 7.99. The van der Waals surface area contributed by atoms with Crippen LogP contribution in [-0.4, -0.2) is 57.9 Å². The van der Waals surface area contributed by atoms with Crippen molar-refractivity contribution < 1.29 is 19.4 Å². The van der Waals surface area contributed by atoms with E-state index >= 15 is 0 Å². The van der Waals surface area contributed by atoms with Crippen LogP contribution in [0.2, 0.25) is 0 Å². The molecule has 6 nitrogen and oxygen atoms in total. The first-order valence-electron chi connectivity index (χ1n) is 8.78. The molecule has 1 saturated carbocycles. The van der Waals surface area contributed by atoms with Crippen molar-refractivity contribution in [3.8, 4) is 0 Å². The number of aliphatic hydroxyl groups excluding tert-OH is 1. The minimum Gasteiger partial charge on any atom is -0.444 e. The minimum absolute atomic E-state index is 0.0167. The first kappa shape index (κ1) is 19.4. The fraction of sp³-hybridized carbons (Fsp3) is 0.882. The summed E-state index contributed by atoms with van der Waals surface area (Å²) < 4.78 is 5.32. The molecular formula is C17H30N2O4S. The maximum Gasteiger partial charge on any atom is 0.408 e. The Morgan fingerprint density at radius 1 is 1.29 bits per heavy atom. The Labute approximate surface area is 148 Å². The number of nitrogens with zero attached hydrogens (tertiary/aromatic N) is 1. The highest BCUT2D eigenvalue weighted by Gasteiger charge is 2.32. The molecule has 1 heterocycles. The van der Waals surface area contributed by atoms with Crippen LogP contribution in [0.5, 0.6) is 0 Å². The van der Waals surface area contributed by atoms with E-state index < -0.39 is 17.7 Å². The van der Waals surface area contributed by atoms with Gasteiger partial charge in [-0.05, 0) is 58.8 Å². The third-order valence-corrected chi connectivity index (χ3v) is 5.40. The number of aliphatic hydroxyl groups is 1. The number of amides is 2. The Balaban J connectivity index is 1.97. The number of alkyl carbamates (subject to hydrolysis) is 1. The summed E-state index contributed by atoms with van der Waals surface area (Å²) in [6, 6.07) is -0.543. The van der Waals surface area contributed by atoms with Crippen molar-refractivity contribution in [2.24, 2.45) is 5.92 Å². The Hall–Kier alpha value is -0.950. The van der Waals surface area contributed by atoms with Gasteiger partial charge in [-0.2, -0.15) is 0 Å². The fourth-order valence-corrected chi connectivity index (χ4v) is 4.15. The number of rotatable bonds is 4. The van der Waals surface area contributed by atoms with Crippen LogP contribution in [0.25, 0.3) is 0 Å². The van der Waals surface area contributed by atoms with Crippen molar-refractivity contribution in [2.75, 3.05) is 18.2 Å². The lowest BCUT2D eigenvalue weighted by molar-refractivity contribution is -0.132.